The summed E-state index contributed by atoms with van der Waals surface area (Å²) in [5.41, 5.74) is 2.26. The summed E-state index contributed by atoms with van der Waals surface area (Å²) in [5.74, 6) is -0.661. The maximum atomic E-state index is 12.3. The summed E-state index contributed by atoms with van der Waals surface area (Å²) in [6, 6.07) is 6.70. The number of hydrogen-bond donors (Lipinski definition) is 2. The van der Waals surface area contributed by atoms with Gasteiger partial charge in [0.25, 0.3) is 0 Å². The fourth-order valence-corrected chi connectivity index (χ4v) is 3.74. The second-order valence-electron chi connectivity index (χ2n) is 5.76. The monoisotopic (exact) mass is 373 g/mol. The van der Waals surface area contributed by atoms with E-state index in [1.807, 2.05) is 0 Å². The molecule has 8 heteroatoms. The van der Waals surface area contributed by atoms with Crippen LogP contribution in [-0.2, 0) is 22.4 Å². The van der Waals surface area contributed by atoms with E-state index >= 15 is 0 Å². The average Bonchev–Trinajstić information content (AvgIpc) is 3.08. The highest BCUT2D eigenvalue weighted by molar-refractivity contribution is 8.00. The molecule has 2 N–H and O–H groups in total. The number of esters is 1. The number of thioether (sulfide) groups is 1. The van der Waals surface area contributed by atoms with Crippen molar-refractivity contribution in [1.29, 1.82) is 0 Å². The van der Waals surface area contributed by atoms with Crippen molar-refractivity contribution >= 4 is 29.3 Å². The van der Waals surface area contributed by atoms with Gasteiger partial charge in [-0.15, -0.1) is 0 Å². The molecule has 7 nitrogen and oxygen atoms in total. The minimum absolute atomic E-state index is 0.0973. The Balaban J connectivity index is 1.68. The Morgan fingerprint density at radius 3 is 2.92 bits per heavy atom. The number of carbonyl (C=O) groups excluding carboxylic acids is 2. The number of nitrogens with zero attached hydrogens (tertiary/aromatic N) is 1. The SMILES string of the molecule is CCOC(=O)c1ccccc1NC(=O)CSc1nc(=O)[nH]c2c1CCC2. The van der Waals surface area contributed by atoms with Crippen LogP contribution in [0.5, 0.6) is 0 Å². The summed E-state index contributed by atoms with van der Waals surface area (Å²) in [6.45, 7) is 1.99. The number of aryl methyl sites for hydroxylation is 1. The standard InChI is InChI=1S/C18H19N3O4S/c1-2-25-17(23)12-6-3-4-8-14(12)19-15(22)10-26-16-11-7-5-9-13(11)20-18(24)21-16/h3-4,6,8H,2,5,7,9-10H2,1H3,(H,19,22)(H,20,21,24). The zero-order chi connectivity index (χ0) is 18.5. The number of hydrogen-bond acceptors (Lipinski definition) is 6. The van der Waals surface area contributed by atoms with Crippen molar-refractivity contribution in [3.8, 4) is 0 Å². The first-order chi connectivity index (χ1) is 12.6. The molecule has 0 spiro atoms. The van der Waals surface area contributed by atoms with E-state index in [9.17, 15) is 14.4 Å². The molecule has 1 aliphatic rings. The van der Waals surface area contributed by atoms with Gasteiger partial charge in [0, 0.05) is 11.3 Å². The van der Waals surface area contributed by atoms with Crippen LogP contribution in [0.25, 0.3) is 0 Å². The normalized spacial score (nSPS) is 12.5. The lowest BCUT2D eigenvalue weighted by molar-refractivity contribution is -0.113. The average molecular weight is 373 g/mol. The summed E-state index contributed by atoms with van der Waals surface area (Å²) in [4.78, 5) is 42.7. The van der Waals surface area contributed by atoms with E-state index in [1.165, 1.54) is 11.8 Å². The summed E-state index contributed by atoms with van der Waals surface area (Å²) in [6.07, 6.45) is 2.66. The minimum Gasteiger partial charge on any atom is -0.462 e. The highest BCUT2D eigenvalue weighted by atomic mass is 32.2. The molecular weight excluding hydrogens is 354 g/mol. The molecule has 1 aromatic carbocycles. The summed E-state index contributed by atoms with van der Waals surface area (Å²) in [5, 5.41) is 3.33. The molecular formula is C18H19N3O4S. The molecule has 0 atom stereocenters. The molecule has 3 rings (SSSR count). The van der Waals surface area contributed by atoms with Gasteiger partial charge in [0.1, 0.15) is 5.03 Å². The Hall–Kier alpha value is -2.61. The lowest BCUT2D eigenvalue weighted by Gasteiger charge is -2.10. The Labute approximate surface area is 154 Å². The van der Waals surface area contributed by atoms with E-state index in [-0.39, 0.29) is 24.0 Å². The van der Waals surface area contributed by atoms with Gasteiger partial charge in [0.2, 0.25) is 5.91 Å². The number of nitrogens with one attached hydrogen (secondary N) is 2. The number of ether oxygens (including phenoxy) is 1. The first-order valence-corrected chi connectivity index (χ1v) is 9.38. The quantitative estimate of drug-likeness (QED) is 0.457. The molecule has 1 aliphatic carbocycles. The molecule has 0 fully saturated rings. The molecule has 1 amide bonds. The van der Waals surface area contributed by atoms with Crippen molar-refractivity contribution in [3.63, 3.8) is 0 Å². The number of H-pyrrole nitrogens is 1. The number of rotatable bonds is 6. The zero-order valence-electron chi connectivity index (χ0n) is 14.3. The van der Waals surface area contributed by atoms with Gasteiger partial charge in [-0.25, -0.2) is 9.59 Å². The van der Waals surface area contributed by atoms with Crippen LogP contribution in [0.4, 0.5) is 5.69 Å². The topological polar surface area (TPSA) is 101 Å². The van der Waals surface area contributed by atoms with E-state index in [0.717, 1.165) is 30.5 Å². The number of benzene rings is 1. The number of carbonyl (C=O) groups is 2. The van der Waals surface area contributed by atoms with Gasteiger partial charge < -0.3 is 15.0 Å². The van der Waals surface area contributed by atoms with Gasteiger partial charge in [0.15, 0.2) is 0 Å². The third kappa shape index (κ3) is 4.13. The third-order valence-corrected chi connectivity index (χ3v) is 4.99. The van der Waals surface area contributed by atoms with Crippen LogP contribution in [0.15, 0.2) is 34.1 Å². The molecule has 1 aromatic heterocycles. The molecule has 1 heterocycles. The molecule has 0 aliphatic heterocycles. The van der Waals surface area contributed by atoms with Crippen molar-refractivity contribution in [3.05, 3.63) is 51.6 Å². The second-order valence-corrected chi connectivity index (χ2v) is 6.72. The van der Waals surface area contributed by atoms with Crippen LogP contribution in [0.1, 0.15) is 35.0 Å². The minimum atomic E-state index is -0.481. The van der Waals surface area contributed by atoms with Crippen LogP contribution < -0.4 is 11.0 Å². The van der Waals surface area contributed by atoms with E-state index < -0.39 is 5.97 Å². The van der Waals surface area contributed by atoms with E-state index in [4.69, 9.17) is 4.74 Å². The molecule has 0 saturated carbocycles. The number of amides is 1. The largest absolute Gasteiger partial charge is 0.462 e. The highest BCUT2D eigenvalue weighted by Crippen LogP contribution is 2.28. The van der Waals surface area contributed by atoms with Crippen LogP contribution in [0.2, 0.25) is 0 Å². The van der Waals surface area contributed by atoms with E-state index in [1.54, 1.807) is 31.2 Å². The van der Waals surface area contributed by atoms with Crippen molar-refractivity contribution in [2.24, 2.45) is 0 Å². The van der Waals surface area contributed by atoms with E-state index in [0.29, 0.717) is 16.3 Å². The fourth-order valence-electron chi connectivity index (χ4n) is 2.85. The summed E-state index contributed by atoms with van der Waals surface area (Å²) in [7, 11) is 0. The summed E-state index contributed by atoms with van der Waals surface area (Å²) >= 11 is 1.23. The molecule has 136 valence electrons. The maximum absolute atomic E-state index is 12.3. The lowest BCUT2D eigenvalue weighted by atomic mass is 10.2. The highest BCUT2D eigenvalue weighted by Gasteiger charge is 2.19. The summed E-state index contributed by atoms with van der Waals surface area (Å²) < 4.78 is 5.00. The number of fused-ring (bicyclic) bond motifs is 1. The second kappa shape index (κ2) is 8.18. The Kier molecular flexibility index (Phi) is 5.72. The molecule has 0 unspecified atom stereocenters. The predicted octanol–water partition coefficient (Wildman–Crippen LogP) is 2.17. The van der Waals surface area contributed by atoms with Crippen molar-refractivity contribution in [2.75, 3.05) is 17.7 Å². The lowest BCUT2D eigenvalue weighted by Crippen LogP contribution is -2.19. The smallest absolute Gasteiger partial charge is 0.346 e. The van der Waals surface area contributed by atoms with Gasteiger partial charge in [-0.2, -0.15) is 4.98 Å². The van der Waals surface area contributed by atoms with Crippen LogP contribution in [-0.4, -0.2) is 34.2 Å². The Morgan fingerprint density at radius 1 is 1.31 bits per heavy atom. The Bertz CT molecular complexity index is 894. The van der Waals surface area contributed by atoms with Crippen molar-refractivity contribution in [2.45, 2.75) is 31.2 Å². The van der Waals surface area contributed by atoms with Gasteiger partial charge in [-0.1, -0.05) is 23.9 Å². The molecule has 2 aromatic rings. The number of para-hydroxylation sites is 1. The molecule has 26 heavy (non-hydrogen) atoms. The number of aromatic nitrogens is 2. The van der Waals surface area contributed by atoms with Gasteiger partial charge in [-0.05, 0) is 38.3 Å². The predicted molar refractivity (Wildman–Crippen MR) is 98.6 cm³/mol. The maximum Gasteiger partial charge on any atom is 0.346 e. The van der Waals surface area contributed by atoms with Gasteiger partial charge in [0.05, 0.1) is 23.6 Å². The fraction of sp³-hybridized carbons (Fsp3) is 0.333. The number of aromatic amines is 1. The number of anilines is 1. The Morgan fingerprint density at radius 2 is 2.12 bits per heavy atom. The molecule has 0 radical (unpaired) electrons. The zero-order valence-corrected chi connectivity index (χ0v) is 15.1. The van der Waals surface area contributed by atoms with Gasteiger partial charge >= 0.3 is 11.7 Å². The first kappa shape index (κ1) is 18.2. The van der Waals surface area contributed by atoms with Crippen LogP contribution in [0.3, 0.4) is 0 Å². The van der Waals surface area contributed by atoms with Crippen LogP contribution >= 0.6 is 11.8 Å². The molecule has 0 saturated heterocycles. The van der Waals surface area contributed by atoms with Crippen molar-refractivity contribution in [1.82, 2.24) is 9.97 Å². The molecule has 0 bridgehead atoms. The first-order valence-electron chi connectivity index (χ1n) is 8.39. The third-order valence-electron chi connectivity index (χ3n) is 3.97. The van der Waals surface area contributed by atoms with E-state index in [2.05, 4.69) is 15.3 Å². The van der Waals surface area contributed by atoms with Crippen molar-refractivity contribution < 1.29 is 14.3 Å². The van der Waals surface area contributed by atoms with Gasteiger partial charge in [-0.3, -0.25) is 4.79 Å². The van der Waals surface area contributed by atoms with Crippen LogP contribution in [0, 0.1) is 0 Å².